The van der Waals surface area contributed by atoms with Crippen LogP contribution in [0.25, 0.3) is 16.9 Å². The number of benzene rings is 2. The summed E-state index contributed by atoms with van der Waals surface area (Å²) < 4.78 is 7.39. The van der Waals surface area contributed by atoms with Gasteiger partial charge in [0.2, 0.25) is 0 Å². The lowest BCUT2D eigenvalue weighted by molar-refractivity contribution is 0.416. The maximum absolute atomic E-state index is 6.20. The van der Waals surface area contributed by atoms with Crippen molar-refractivity contribution >= 4 is 29.0 Å². The van der Waals surface area contributed by atoms with E-state index in [9.17, 15) is 0 Å². The van der Waals surface area contributed by atoms with E-state index in [4.69, 9.17) is 33.0 Å². The number of rotatable bonds is 3. The molecule has 122 valence electrons. The van der Waals surface area contributed by atoms with Crippen molar-refractivity contribution in [3.8, 4) is 22.7 Å². The van der Waals surface area contributed by atoms with Crippen molar-refractivity contribution in [1.29, 1.82) is 0 Å². The van der Waals surface area contributed by atoms with Crippen LogP contribution in [-0.2, 0) is 6.42 Å². The fourth-order valence-corrected chi connectivity index (χ4v) is 3.41. The van der Waals surface area contributed by atoms with E-state index in [-0.39, 0.29) is 0 Å². The molecule has 0 atom stereocenters. The largest absolute Gasteiger partial charge is 0.496 e. The van der Waals surface area contributed by atoms with Crippen LogP contribution in [0.1, 0.15) is 5.56 Å². The van der Waals surface area contributed by atoms with Crippen LogP contribution in [0.4, 0.5) is 5.82 Å². The van der Waals surface area contributed by atoms with Crippen molar-refractivity contribution in [3.05, 3.63) is 58.1 Å². The molecule has 2 heterocycles. The maximum atomic E-state index is 6.20. The lowest BCUT2D eigenvalue weighted by atomic mass is 10.1. The number of halogens is 2. The van der Waals surface area contributed by atoms with E-state index in [1.54, 1.807) is 7.11 Å². The van der Waals surface area contributed by atoms with Gasteiger partial charge in [0.25, 0.3) is 0 Å². The summed E-state index contributed by atoms with van der Waals surface area (Å²) in [5.41, 5.74) is 3.86. The summed E-state index contributed by atoms with van der Waals surface area (Å²) in [5, 5.41) is 9.57. The SMILES string of the molecule is COc1ccc(Cl)cc1-c1nn(-c2cccc(Cl)c2)c2c1CCN2. The van der Waals surface area contributed by atoms with Gasteiger partial charge in [-0.15, -0.1) is 0 Å². The normalized spacial score (nSPS) is 12.8. The Bertz CT molecular complexity index is 921. The van der Waals surface area contributed by atoms with Crippen LogP contribution in [0.5, 0.6) is 5.75 Å². The molecule has 2 aromatic carbocycles. The van der Waals surface area contributed by atoms with Gasteiger partial charge in [0.05, 0.1) is 12.8 Å². The molecule has 0 unspecified atom stereocenters. The molecule has 0 fully saturated rings. The van der Waals surface area contributed by atoms with Crippen LogP contribution in [0.15, 0.2) is 42.5 Å². The third-order valence-corrected chi connectivity index (χ3v) is 4.59. The van der Waals surface area contributed by atoms with Crippen molar-refractivity contribution in [2.24, 2.45) is 0 Å². The van der Waals surface area contributed by atoms with Crippen LogP contribution in [-0.4, -0.2) is 23.4 Å². The average Bonchev–Trinajstić information content (AvgIpc) is 3.17. The lowest BCUT2D eigenvalue weighted by Gasteiger charge is -2.08. The first-order chi connectivity index (χ1) is 11.7. The van der Waals surface area contributed by atoms with E-state index in [1.807, 2.05) is 47.1 Å². The standard InChI is InChI=1S/C18H15Cl2N3O/c1-24-16-6-5-12(20)10-15(16)17-14-7-8-21-18(14)23(22-17)13-4-2-3-11(19)9-13/h2-6,9-10,21H,7-8H2,1H3. The predicted octanol–water partition coefficient (Wildman–Crippen LogP) is 4.82. The number of aromatic nitrogens is 2. The number of fused-ring (bicyclic) bond motifs is 1. The molecule has 0 bridgehead atoms. The van der Waals surface area contributed by atoms with Crippen LogP contribution in [0.2, 0.25) is 10.0 Å². The molecule has 4 nitrogen and oxygen atoms in total. The molecule has 1 aromatic heterocycles. The molecule has 4 rings (SSSR count). The van der Waals surface area contributed by atoms with Gasteiger partial charge in [-0.25, -0.2) is 4.68 Å². The van der Waals surface area contributed by atoms with Crippen molar-refractivity contribution in [3.63, 3.8) is 0 Å². The zero-order chi connectivity index (χ0) is 16.7. The highest BCUT2D eigenvalue weighted by molar-refractivity contribution is 6.31. The van der Waals surface area contributed by atoms with Crippen LogP contribution in [0, 0.1) is 0 Å². The summed E-state index contributed by atoms with van der Waals surface area (Å²) in [7, 11) is 1.65. The molecule has 3 aromatic rings. The molecule has 1 aliphatic rings. The third kappa shape index (κ3) is 2.52. The molecule has 0 radical (unpaired) electrons. The molecule has 0 aliphatic carbocycles. The number of nitrogens with zero attached hydrogens (tertiary/aromatic N) is 2. The van der Waals surface area contributed by atoms with Gasteiger partial charge in [-0.2, -0.15) is 5.10 Å². The molecular formula is C18H15Cl2N3O. The van der Waals surface area contributed by atoms with Crippen molar-refractivity contribution in [2.75, 3.05) is 19.0 Å². The number of ether oxygens (including phenoxy) is 1. The zero-order valence-corrected chi connectivity index (χ0v) is 14.5. The fraction of sp³-hybridized carbons (Fsp3) is 0.167. The minimum Gasteiger partial charge on any atom is -0.496 e. The van der Waals surface area contributed by atoms with Crippen LogP contribution >= 0.6 is 23.2 Å². The minimum absolute atomic E-state index is 0.655. The quantitative estimate of drug-likeness (QED) is 0.728. The number of methoxy groups -OCH3 is 1. The number of nitrogens with one attached hydrogen (secondary N) is 1. The van der Waals surface area contributed by atoms with Gasteiger partial charge >= 0.3 is 0 Å². The van der Waals surface area contributed by atoms with E-state index >= 15 is 0 Å². The number of hydrogen-bond donors (Lipinski definition) is 1. The molecule has 1 aliphatic heterocycles. The minimum atomic E-state index is 0.655. The summed E-state index contributed by atoms with van der Waals surface area (Å²) in [4.78, 5) is 0. The zero-order valence-electron chi connectivity index (χ0n) is 13.0. The summed E-state index contributed by atoms with van der Waals surface area (Å²) >= 11 is 12.3. The van der Waals surface area contributed by atoms with E-state index in [0.29, 0.717) is 10.0 Å². The highest BCUT2D eigenvalue weighted by Crippen LogP contribution is 2.39. The molecule has 0 amide bonds. The summed E-state index contributed by atoms with van der Waals surface area (Å²) in [6, 6.07) is 13.2. The highest BCUT2D eigenvalue weighted by Gasteiger charge is 2.25. The van der Waals surface area contributed by atoms with Gasteiger partial charge in [-0.1, -0.05) is 29.3 Å². The Morgan fingerprint density at radius 3 is 2.75 bits per heavy atom. The number of hydrogen-bond acceptors (Lipinski definition) is 3. The fourth-order valence-electron chi connectivity index (χ4n) is 3.05. The highest BCUT2D eigenvalue weighted by atomic mass is 35.5. The first-order valence-corrected chi connectivity index (χ1v) is 8.38. The van der Waals surface area contributed by atoms with Crippen LogP contribution < -0.4 is 10.1 Å². The van der Waals surface area contributed by atoms with E-state index < -0.39 is 0 Å². The third-order valence-electron chi connectivity index (χ3n) is 4.12. The molecule has 0 saturated heterocycles. The van der Waals surface area contributed by atoms with Gasteiger partial charge in [0.1, 0.15) is 17.3 Å². The van der Waals surface area contributed by atoms with Gasteiger partial charge in [-0.3, -0.25) is 0 Å². The average molecular weight is 360 g/mol. The number of anilines is 1. The van der Waals surface area contributed by atoms with E-state index in [2.05, 4.69) is 5.32 Å². The monoisotopic (exact) mass is 359 g/mol. The van der Waals surface area contributed by atoms with Gasteiger partial charge in [-0.05, 0) is 42.8 Å². The topological polar surface area (TPSA) is 39.1 Å². The summed E-state index contributed by atoms with van der Waals surface area (Å²) in [6.07, 6.45) is 0.904. The molecule has 1 N–H and O–H groups in total. The van der Waals surface area contributed by atoms with Gasteiger partial charge in [0.15, 0.2) is 0 Å². The second-order valence-electron chi connectivity index (χ2n) is 5.59. The van der Waals surface area contributed by atoms with Crippen LogP contribution in [0.3, 0.4) is 0 Å². The van der Waals surface area contributed by atoms with E-state index in [1.165, 1.54) is 0 Å². The second kappa shape index (κ2) is 6.04. The molecule has 6 heteroatoms. The second-order valence-corrected chi connectivity index (χ2v) is 6.46. The molecule has 24 heavy (non-hydrogen) atoms. The molecular weight excluding hydrogens is 345 g/mol. The van der Waals surface area contributed by atoms with E-state index in [0.717, 1.165) is 47.0 Å². The van der Waals surface area contributed by atoms with Gasteiger partial charge in [0, 0.05) is 27.7 Å². The van der Waals surface area contributed by atoms with Crippen molar-refractivity contribution in [1.82, 2.24) is 9.78 Å². The Kier molecular flexibility index (Phi) is 3.87. The van der Waals surface area contributed by atoms with Crippen molar-refractivity contribution in [2.45, 2.75) is 6.42 Å². The smallest absolute Gasteiger partial charge is 0.133 e. The van der Waals surface area contributed by atoms with Crippen molar-refractivity contribution < 1.29 is 4.74 Å². The predicted molar refractivity (Wildman–Crippen MR) is 97.8 cm³/mol. The Morgan fingerprint density at radius 2 is 1.96 bits per heavy atom. The first-order valence-electron chi connectivity index (χ1n) is 7.63. The summed E-state index contributed by atoms with van der Waals surface area (Å²) in [5.74, 6) is 1.75. The lowest BCUT2D eigenvalue weighted by Crippen LogP contribution is -2.04. The van der Waals surface area contributed by atoms with Gasteiger partial charge < -0.3 is 10.1 Å². The Labute approximate surface area is 150 Å². The Balaban J connectivity index is 1.93. The summed E-state index contributed by atoms with van der Waals surface area (Å²) in [6.45, 7) is 0.879. The molecule has 0 saturated carbocycles. The maximum Gasteiger partial charge on any atom is 0.133 e. The Morgan fingerprint density at radius 1 is 1.12 bits per heavy atom. The Hall–Kier alpha value is -2.17. The first kappa shape index (κ1) is 15.4. The molecule has 0 spiro atoms.